The molecule has 0 spiro atoms. The summed E-state index contributed by atoms with van der Waals surface area (Å²) >= 11 is 5.94. The van der Waals surface area contributed by atoms with Crippen molar-refractivity contribution >= 4 is 23.2 Å². The lowest BCUT2D eigenvalue weighted by molar-refractivity contribution is -0.118. The normalized spacial score (nSPS) is 19.4. The van der Waals surface area contributed by atoms with Crippen LogP contribution in [0.5, 0.6) is 0 Å². The summed E-state index contributed by atoms with van der Waals surface area (Å²) < 4.78 is 0. The number of carbonyl (C=O) groups is 1. The molecule has 1 saturated heterocycles. The Kier molecular flexibility index (Phi) is 4.96. The molecule has 2 N–H and O–H groups in total. The molecule has 1 aromatic rings. The van der Waals surface area contributed by atoms with Crippen LogP contribution >= 0.6 is 11.6 Å². The number of amides is 1. The monoisotopic (exact) mass is 292 g/mol. The van der Waals surface area contributed by atoms with E-state index in [2.05, 4.69) is 22.5 Å². The summed E-state index contributed by atoms with van der Waals surface area (Å²) in [6, 6.07) is 7.22. The van der Waals surface area contributed by atoms with E-state index in [9.17, 15) is 4.79 Å². The number of rotatable bonds is 3. The quantitative estimate of drug-likeness (QED) is 0.885. The van der Waals surface area contributed by atoms with E-state index in [1.807, 2.05) is 6.07 Å². The van der Waals surface area contributed by atoms with Gasteiger partial charge < -0.3 is 10.6 Å². The van der Waals surface area contributed by atoms with E-state index in [1.54, 1.807) is 18.2 Å². The van der Waals surface area contributed by atoms with Crippen molar-refractivity contribution in [1.82, 2.24) is 10.2 Å². The Bertz CT molecular complexity index is 540. The number of halogens is 1. The number of nitrogens with zero attached hydrogens (tertiary/aromatic N) is 2. The van der Waals surface area contributed by atoms with E-state index >= 15 is 0 Å². The highest BCUT2D eigenvalue weighted by Crippen LogP contribution is 2.20. The fraction of sp³-hybridized carbons (Fsp3) is 0.429. The van der Waals surface area contributed by atoms with Crippen molar-refractivity contribution < 1.29 is 4.79 Å². The van der Waals surface area contributed by atoms with Crippen LogP contribution in [0.15, 0.2) is 18.2 Å². The van der Waals surface area contributed by atoms with Gasteiger partial charge in [0.2, 0.25) is 5.91 Å². The van der Waals surface area contributed by atoms with Crippen molar-refractivity contribution in [2.24, 2.45) is 0 Å². The third-order valence-electron chi connectivity index (χ3n) is 3.36. The number of benzene rings is 1. The van der Waals surface area contributed by atoms with Crippen molar-refractivity contribution in [2.45, 2.75) is 13.0 Å². The zero-order valence-electron chi connectivity index (χ0n) is 11.3. The molecule has 1 fully saturated rings. The van der Waals surface area contributed by atoms with Crippen LogP contribution < -0.4 is 10.6 Å². The lowest BCUT2D eigenvalue weighted by Gasteiger charge is -2.33. The standard InChI is InChI=1S/C14H17ClN4O/c1-10-8-17-4-5-19(10)9-14(20)18-12-3-2-11(7-16)13(15)6-12/h2-3,6,10,17H,4-5,8-9H2,1H3,(H,18,20)/t10-/m0/s1. The first kappa shape index (κ1) is 14.8. The summed E-state index contributed by atoms with van der Waals surface area (Å²) in [5, 5.41) is 15.2. The van der Waals surface area contributed by atoms with E-state index in [-0.39, 0.29) is 5.91 Å². The Morgan fingerprint density at radius 2 is 2.45 bits per heavy atom. The number of carbonyl (C=O) groups excluding carboxylic acids is 1. The maximum absolute atomic E-state index is 12.0. The van der Waals surface area contributed by atoms with Gasteiger partial charge in [-0.1, -0.05) is 11.6 Å². The molecule has 1 amide bonds. The molecule has 1 aromatic carbocycles. The first-order valence-corrected chi connectivity index (χ1v) is 6.92. The summed E-state index contributed by atoms with van der Waals surface area (Å²) in [6.07, 6.45) is 0. The van der Waals surface area contributed by atoms with Gasteiger partial charge in [-0.3, -0.25) is 9.69 Å². The summed E-state index contributed by atoms with van der Waals surface area (Å²) in [4.78, 5) is 14.1. The van der Waals surface area contributed by atoms with Gasteiger partial charge in [-0.05, 0) is 25.1 Å². The molecule has 5 nitrogen and oxygen atoms in total. The smallest absolute Gasteiger partial charge is 0.238 e. The zero-order valence-corrected chi connectivity index (χ0v) is 12.1. The topological polar surface area (TPSA) is 68.2 Å². The highest BCUT2D eigenvalue weighted by atomic mass is 35.5. The maximum atomic E-state index is 12.0. The third kappa shape index (κ3) is 3.70. The average Bonchev–Trinajstić information content (AvgIpc) is 2.41. The fourth-order valence-corrected chi connectivity index (χ4v) is 2.41. The van der Waals surface area contributed by atoms with Crippen molar-refractivity contribution in [3.05, 3.63) is 28.8 Å². The molecule has 2 rings (SSSR count). The molecule has 0 bridgehead atoms. The second-order valence-electron chi connectivity index (χ2n) is 4.88. The van der Waals surface area contributed by atoms with Gasteiger partial charge in [-0.2, -0.15) is 5.26 Å². The predicted molar refractivity (Wildman–Crippen MR) is 78.7 cm³/mol. The van der Waals surface area contributed by atoms with Gasteiger partial charge in [0, 0.05) is 31.4 Å². The molecule has 0 aliphatic carbocycles. The fourth-order valence-electron chi connectivity index (χ4n) is 2.19. The Morgan fingerprint density at radius 3 is 3.10 bits per heavy atom. The maximum Gasteiger partial charge on any atom is 0.238 e. The number of nitrogens with one attached hydrogen (secondary N) is 2. The van der Waals surface area contributed by atoms with Gasteiger partial charge in [0.1, 0.15) is 6.07 Å². The predicted octanol–water partition coefficient (Wildman–Crippen LogP) is 1.44. The van der Waals surface area contributed by atoms with E-state index < -0.39 is 0 Å². The van der Waals surface area contributed by atoms with Crippen LogP contribution in [0, 0.1) is 11.3 Å². The van der Waals surface area contributed by atoms with Crippen molar-refractivity contribution in [2.75, 3.05) is 31.5 Å². The summed E-state index contributed by atoms with van der Waals surface area (Å²) in [6.45, 7) is 5.12. The van der Waals surface area contributed by atoms with Gasteiger partial charge in [0.15, 0.2) is 0 Å². The van der Waals surface area contributed by atoms with Crippen LogP contribution in [0.1, 0.15) is 12.5 Å². The number of nitriles is 1. The molecule has 1 aliphatic heterocycles. The Labute approximate surface area is 123 Å². The molecule has 0 unspecified atom stereocenters. The minimum Gasteiger partial charge on any atom is -0.325 e. The molecule has 0 radical (unpaired) electrons. The lowest BCUT2D eigenvalue weighted by Crippen LogP contribution is -2.51. The SMILES string of the molecule is C[C@H]1CNCCN1CC(=O)Nc1ccc(C#N)c(Cl)c1. The van der Waals surface area contributed by atoms with Crippen LogP contribution in [0.4, 0.5) is 5.69 Å². The average molecular weight is 293 g/mol. The minimum absolute atomic E-state index is 0.0699. The van der Waals surface area contributed by atoms with Gasteiger partial charge in [-0.25, -0.2) is 0 Å². The molecule has 0 saturated carbocycles. The summed E-state index contributed by atoms with van der Waals surface area (Å²) in [7, 11) is 0. The molecule has 1 aliphatic rings. The molecule has 1 heterocycles. The van der Waals surface area contributed by atoms with Gasteiger partial charge in [0.05, 0.1) is 17.1 Å². The number of anilines is 1. The molecule has 0 aromatic heterocycles. The zero-order chi connectivity index (χ0) is 14.5. The Balaban J connectivity index is 1.94. The van der Waals surface area contributed by atoms with E-state index in [0.29, 0.717) is 28.9 Å². The number of piperazine rings is 1. The second-order valence-corrected chi connectivity index (χ2v) is 5.29. The molecule has 106 valence electrons. The van der Waals surface area contributed by atoms with Gasteiger partial charge >= 0.3 is 0 Å². The lowest BCUT2D eigenvalue weighted by atomic mass is 10.2. The summed E-state index contributed by atoms with van der Waals surface area (Å²) in [5.41, 5.74) is 1.02. The van der Waals surface area contributed by atoms with E-state index in [1.165, 1.54) is 0 Å². The molecule has 1 atom stereocenters. The van der Waals surface area contributed by atoms with Crippen LogP contribution in [-0.2, 0) is 4.79 Å². The van der Waals surface area contributed by atoms with Gasteiger partial charge in [-0.15, -0.1) is 0 Å². The van der Waals surface area contributed by atoms with E-state index in [0.717, 1.165) is 19.6 Å². The Hall–Kier alpha value is -1.61. The van der Waals surface area contributed by atoms with Crippen molar-refractivity contribution in [3.8, 4) is 6.07 Å². The number of hydrogen-bond donors (Lipinski definition) is 2. The largest absolute Gasteiger partial charge is 0.325 e. The first-order valence-electron chi connectivity index (χ1n) is 6.54. The highest BCUT2D eigenvalue weighted by Gasteiger charge is 2.20. The third-order valence-corrected chi connectivity index (χ3v) is 3.67. The van der Waals surface area contributed by atoms with Crippen molar-refractivity contribution in [1.29, 1.82) is 5.26 Å². The Morgan fingerprint density at radius 1 is 1.65 bits per heavy atom. The second kappa shape index (κ2) is 6.71. The number of hydrogen-bond acceptors (Lipinski definition) is 4. The molecular formula is C14H17ClN4O. The molecule has 6 heteroatoms. The van der Waals surface area contributed by atoms with E-state index in [4.69, 9.17) is 16.9 Å². The molecule has 20 heavy (non-hydrogen) atoms. The van der Waals surface area contributed by atoms with Crippen LogP contribution in [-0.4, -0.2) is 43.0 Å². The van der Waals surface area contributed by atoms with Crippen molar-refractivity contribution in [3.63, 3.8) is 0 Å². The van der Waals surface area contributed by atoms with Crippen LogP contribution in [0.25, 0.3) is 0 Å². The van der Waals surface area contributed by atoms with Gasteiger partial charge in [0.25, 0.3) is 0 Å². The summed E-state index contributed by atoms with van der Waals surface area (Å²) in [5.74, 6) is -0.0699. The van der Waals surface area contributed by atoms with Crippen LogP contribution in [0.2, 0.25) is 5.02 Å². The van der Waals surface area contributed by atoms with Crippen LogP contribution in [0.3, 0.4) is 0 Å². The first-order chi connectivity index (χ1) is 9.60. The molecular weight excluding hydrogens is 276 g/mol. The highest BCUT2D eigenvalue weighted by molar-refractivity contribution is 6.32. The minimum atomic E-state index is -0.0699.